The molecule has 0 radical (unpaired) electrons. The Morgan fingerprint density at radius 1 is 0.968 bits per heavy atom. The highest BCUT2D eigenvalue weighted by Crippen LogP contribution is 2.25. The Labute approximate surface area is 186 Å². The van der Waals surface area contributed by atoms with E-state index >= 15 is 0 Å². The van der Waals surface area contributed by atoms with E-state index in [1.54, 1.807) is 0 Å². The van der Waals surface area contributed by atoms with Crippen LogP contribution < -0.4 is 4.90 Å². The molecule has 0 N–H and O–H groups in total. The topological polar surface area (TPSA) is 56.8 Å². The molecule has 2 fully saturated rings. The highest BCUT2D eigenvalue weighted by Gasteiger charge is 2.26. The number of aromatic nitrogens is 1. The van der Waals surface area contributed by atoms with Crippen LogP contribution in [0.4, 0.5) is 5.82 Å². The van der Waals surface area contributed by atoms with Crippen molar-refractivity contribution in [3.05, 3.63) is 36.0 Å². The molecule has 0 spiro atoms. The van der Waals surface area contributed by atoms with Crippen LogP contribution in [-0.4, -0.2) is 65.9 Å². The molecule has 2 aliphatic heterocycles. The van der Waals surface area contributed by atoms with Gasteiger partial charge in [-0.05, 0) is 63.0 Å². The van der Waals surface area contributed by atoms with E-state index in [-0.39, 0.29) is 11.8 Å². The molecule has 0 aromatic carbocycles. The summed E-state index contributed by atoms with van der Waals surface area (Å²) in [5, 5.41) is 0. The quantitative estimate of drug-likeness (QED) is 0.654. The highest BCUT2D eigenvalue weighted by molar-refractivity contribution is 5.79. The highest BCUT2D eigenvalue weighted by atomic mass is 16.2. The molecule has 1 aromatic rings. The average molecular weight is 425 g/mol. The van der Waals surface area contributed by atoms with Crippen LogP contribution in [0.15, 0.2) is 36.0 Å². The number of piperidine rings is 1. The number of piperazine rings is 1. The third-order valence-electron chi connectivity index (χ3n) is 7.01. The van der Waals surface area contributed by atoms with E-state index < -0.39 is 0 Å². The van der Waals surface area contributed by atoms with Gasteiger partial charge in [0.15, 0.2) is 0 Å². The number of hydrogen-bond donors (Lipinski definition) is 0. The molecule has 4 rings (SSSR count). The lowest BCUT2D eigenvalue weighted by molar-refractivity contribution is -0.132. The van der Waals surface area contributed by atoms with E-state index in [0.29, 0.717) is 18.8 Å². The lowest BCUT2D eigenvalue weighted by Gasteiger charge is -2.36. The lowest BCUT2D eigenvalue weighted by Crippen LogP contribution is -2.49. The molecule has 31 heavy (non-hydrogen) atoms. The van der Waals surface area contributed by atoms with Crippen molar-refractivity contribution >= 4 is 17.6 Å². The minimum atomic E-state index is 0.261. The van der Waals surface area contributed by atoms with Gasteiger partial charge < -0.3 is 14.7 Å². The molecule has 2 amide bonds. The predicted molar refractivity (Wildman–Crippen MR) is 123 cm³/mol. The van der Waals surface area contributed by atoms with Crippen LogP contribution in [0, 0.1) is 5.92 Å². The Balaban J connectivity index is 1.19. The summed E-state index contributed by atoms with van der Waals surface area (Å²) in [4.78, 5) is 36.2. The first-order valence-corrected chi connectivity index (χ1v) is 12.1. The van der Waals surface area contributed by atoms with Crippen molar-refractivity contribution in [2.24, 2.45) is 5.92 Å². The van der Waals surface area contributed by atoms with Crippen molar-refractivity contribution in [1.82, 2.24) is 14.8 Å². The summed E-state index contributed by atoms with van der Waals surface area (Å²) in [6, 6.07) is 5.96. The molecule has 0 saturated carbocycles. The Morgan fingerprint density at radius 2 is 1.84 bits per heavy atom. The largest absolute Gasteiger partial charge is 0.353 e. The molecule has 0 bridgehead atoms. The molecule has 3 heterocycles. The van der Waals surface area contributed by atoms with Gasteiger partial charge in [-0.25, -0.2) is 4.98 Å². The van der Waals surface area contributed by atoms with Crippen LogP contribution in [0.25, 0.3) is 0 Å². The predicted octanol–water partition coefficient (Wildman–Crippen LogP) is 3.64. The van der Waals surface area contributed by atoms with Crippen LogP contribution in [0.2, 0.25) is 0 Å². The van der Waals surface area contributed by atoms with Crippen molar-refractivity contribution in [2.75, 3.05) is 44.2 Å². The molecule has 0 unspecified atom stereocenters. The molecule has 1 atom stereocenters. The van der Waals surface area contributed by atoms with Crippen molar-refractivity contribution < 1.29 is 9.59 Å². The summed E-state index contributed by atoms with van der Waals surface area (Å²) in [5.41, 5.74) is 1.33. The van der Waals surface area contributed by atoms with E-state index in [0.717, 1.165) is 77.2 Å². The molecule has 2 saturated heterocycles. The maximum absolute atomic E-state index is 12.8. The summed E-state index contributed by atoms with van der Waals surface area (Å²) in [7, 11) is 0. The molecule has 1 aliphatic carbocycles. The summed E-state index contributed by atoms with van der Waals surface area (Å²) in [5.74, 6) is 1.99. The monoisotopic (exact) mass is 424 g/mol. The van der Waals surface area contributed by atoms with Crippen molar-refractivity contribution in [1.29, 1.82) is 0 Å². The number of pyridine rings is 1. The summed E-state index contributed by atoms with van der Waals surface area (Å²) >= 11 is 0. The standard InChI is InChI=1S/C25H36N4O2/c30-24(28-17-15-27(16-18-28)23-10-4-5-13-26-23)12-11-22-9-6-14-29(20-22)25(31)19-21-7-2-1-3-8-21/h4-5,7,10,13,22H,1-3,6,8-9,11-12,14-20H2/t22-/m1/s1. The minimum absolute atomic E-state index is 0.261. The number of hydrogen-bond acceptors (Lipinski definition) is 4. The Hall–Kier alpha value is -2.37. The second kappa shape index (κ2) is 10.8. The maximum atomic E-state index is 12.8. The fraction of sp³-hybridized carbons (Fsp3) is 0.640. The van der Waals surface area contributed by atoms with E-state index in [4.69, 9.17) is 0 Å². The van der Waals surface area contributed by atoms with Crippen molar-refractivity contribution in [3.63, 3.8) is 0 Å². The van der Waals surface area contributed by atoms with Crippen molar-refractivity contribution in [3.8, 4) is 0 Å². The first kappa shape index (κ1) is 21.8. The van der Waals surface area contributed by atoms with Gasteiger partial charge in [-0.2, -0.15) is 0 Å². The maximum Gasteiger partial charge on any atom is 0.226 e. The number of allylic oxidation sites excluding steroid dienone is 1. The van der Waals surface area contributed by atoms with Crippen molar-refractivity contribution in [2.45, 2.75) is 57.8 Å². The summed E-state index contributed by atoms with van der Waals surface area (Å²) < 4.78 is 0. The summed E-state index contributed by atoms with van der Waals surface area (Å²) in [6.07, 6.45) is 13.1. The van der Waals surface area contributed by atoms with Gasteiger partial charge in [0, 0.05) is 58.3 Å². The molecule has 3 aliphatic rings. The average Bonchev–Trinajstić information content (AvgIpc) is 2.84. The molecule has 168 valence electrons. The van der Waals surface area contributed by atoms with Gasteiger partial charge in [-0.15, -0.1) is 0 Å². The Morgan fingerprint density at radius 3 is 2.58 bits per heavy atom. The fourth-order valence-corrected chi connectivity index (χ4v) is 5.11. The number of amides is 2. The zero-order chi connectivity index (χ0) is 21.5. The third kappa shape index (κ3) is 6.08. The van der Waals surface area contributed by atoms with Crippen LogP contribution in [0.5, 0.6) is 0 Å². The smallest absolute Gasteiger partial charge is 0.226 e. The second-order valence-electron chi connectivity index (χ2n) is 9.23. The zero-order valence-electron chi connectivity index (χ0n) is 18.7. The summed E-state index contributed by atoms with van der Waals surface area (Å²) in [6.45, 7) is 4.91. The molecular formula is C25H36N4O2. The number of carbonyl (C=O) groups is 2. The van der Waals surface area contributed by atoms with Crippen LogP contribution in [0.3, 0.4) is 0 Å². The van der Waals surface area contributed by atoms with E-state index in [1.165, 1.54) is 18.4 Å². The first-order valence-electron chi connectivity index (χ1n) is 12.1. The molecule has 6 heteroatoms. The fourth-order valence-electron chi connectivity index (χ4n) is 5.11. The number of likely N-dealkylation sites (tertiary alicyclic amines) is 1. The van der Waals surface area contributed by atoms with Gasteiger partial charge >= 0.3 is 0 Å². The van der Waals surface area contributed by atoms with Crippen LogP contribution >= 0.6 is 0 Å². The Kier molecular flexibility index (Phi) is 7.60. The number of nitrogens with zero attached hydrogens (tertiary/aromatic N) is 4. The zero-order valence-corrected chi connectivity index (χ0v) is 18.7. The Bertz CT molecular complexity index is 771. The van der Waals surface area contributed by atoms with Crippen LogP contribution in [0.1, 0.15) is 57.8 Å². The number of carbonyl (C=O) groups excluding carboxylic acids is 2. The number of rotatable bonds is 6. The number of anilines is 1. The minimum Gasteiger partial charge on any atom is -0.353 e. The van der Waals surface area contributed by atoms with Gasteiger partial charge in [0.2, 0.25) is 11.8 Å². The van der Waals surface area contributed by atoms with Gasteiger partial charge in [0.25, 0.3) is 0 Å². The normalized spacial score (nSPS) is 22.3. The van der Waals surface area contributed by atoms with E-state index in [2.05, 4.69) is 20.9 Å². The van der Waals surface area contributed by atoms with Gasteiger partial charge in [0.1, 0.15) is 5.82 Å². The molecule has 1 aromatic heterocycles. The lowest BCUT2D eigenvalue weighted by atomic mass is 9.92. The van der Waals surface area contributed by atoms with Crippen LogP contribution in [-0.2, 0) is 9.59 Å². The molecular weight excluding hydrogens is 388 g/mol. The van der Waals surface area contributed by atoms with Gasteiger partial charge in [-0.3, -0.25) is 9.59 Å². The van der Waals surface area contributed by atoms with E-state index in [9.17, 15) is 9.59 Å². The first-order chi connectivity index (χ1) is 15.2. The SMILES string of the molecule is O=C(CC[C@H]1CCCN(C(=O)CC2=CCCCC2)C1)N1CCN(c2ccccn2)CC1. The van der Waals surface area contributed by atoms with E-state index in [1.807, 2.05) is 29.3 Å². The third-order valence-corrected chi connectivity index (χ3v) is 7.01. The van der Waals surface area contributed by atoms with Gasteiger partial charge in [0.05, 0.1) is 0 Å². The second-order valence-corrected chi connectivity index (χ2v) is 9.23. The van der Waals surface area contributed by atoms with Gasteiger partial charge in [-0.1, -0.05) is 17.7 Å². The molecule has 6 nitrogen and oxygen atoms in total.